The Morgan fingerprint density at radius 3 is 2.67 bits per heavy atom. The number of aromatic nitrogens is 2. The molecule has 4 nitrogen and oxygen atoms in total. The van der Waals surface area contributed by atoms with E-state index in [0.29, 0.717) is 22.7 Å². The molecule has 0 bridgehead atoms. The van der Waals surface area contributed by atoms with Crippen LogP contribution < -0.4 is 10.3 Å². The summed E-state index contributed by atoms with van der Waals surface area (Å²) in [5.74, 6) is 1.38. The number of ether oxygens (including phenoxy) is 1. The normalized spacial score (nSPS) is 11.1. The van der Waals surface area contributed by atoms with Gasteiger partial charge < -0.3 is 9.72 Å². The quantitative estimate of drug-likeness (QED) is 0.515. The van der Waals surface area contributed by atoms with Crippen LogP contribution in [0.25, 0.3) is 21.3 Å². The van der Waals surface area contributed by atoms with Gasteiger partial charge in [-0.3, -0.25) is 4.79 Å². The Labute approximate surface area is 165 Å². The lowest BCUT2D eigenvalue weighted by atomic mass is 10.0. The maximum absolute atomic E-state index is 12.8. The summed E-state index contributed by atoms with van der Waals surface area (Å²) in [5.41, 5.74) is 3.76. The van der Waals surface area contributed by atoms with Gasteiger partial charge in [0.15, 0.2) is 0 Å². The number of nitrogens with zero attached hydrogens (tertiary/aromatic N) is 1. The van der Waals surface area contributed by atoms with Crippen LogP contribution in [0.2, 0.25) is 5.02 Å². The molecular formula is C21H17ClN2O2S. The van der Waals surface area contributed by atoms with Crippen molar-refractivity contribution in [2.24, 2.45) is 0 Å². The van der Waals surface area contributed by atoms with Crippen LogP contribution in [0.15, 0.2) is 52.6 Å². The van der Waals surface area contributed by atoms with E-state index in [-0.39, 0.29) is 5.56 Å². The molecule has 2 aromatic carbocycles. The highest BCUT2D eigenvalue weighted by Gasteiger charge is 2.16. The van der Waals surface area contributed by atoms with E-state index >= 15 is 0 Å². The molecule has 4 rings (SSSR count). The number of thiophene rings is 1. The molecule has 2 aromatic heterocycles. The Morgan fingerprint density at radius 1 is 1.15 bits per heavy atom. The summed E-state index contributed by atoms with van der Waals surface area (Å²) < 4.78 is 5.49. The summed E-state index contributed by atoms with van der Waals surface area (Å²) in [6, 6.07) is 13.5. The number of fused-ring (bicyclic) bond motifs is 1. The summed E-state index contributed by atoms with van der Waals surface area (Å²) in [6.07, 6.45) is 0.545. The van der Waals surface area contributed by atoms with Crippen molar-refractivity contribution >= 4 is 33.2 Å². The third-order valence-electron chi connectivity index (χ3n) is 4.42. The first-order valence-corrected chi connectivity index (χ1v) is 9.71. The maximum atomic E-state index is 12.8. The van der Waals surface area contributed by atoms with Gasteiger partial charge in [-0.25, -0.2) is 4.98 Å². The Hall–Kier alpha value is -2.63. The van der Waals surface area contributed by atoms with E-state index in [1.54, 1.807) is 7.11 Å². The van der Waals surface area contributed by atoms with Crippen LogP contribution in [-0.2, 0) is 6.42 Å². The minimum Gasteiger partial charge on any atom is -0.496 e. The van der Waals surface area contributed by atoms with E-state index in [0.717, 1.165) is 32.8 Å². The lowest BCUT2D eigenvalue weighted by Crippen LogP contribution is -2.11. The average Bonchev–Trinajstić information content (AvgIpc) is 3.08. The smallest absolute Gasteiger partial charge is 0.260 e. The van der Waals surface area contributed by atoms with Gasteiger partial charge in [0, 0.05) is 28.0 Å². The zero-order valence-corrected chi connectivity index (χ0v) is 16.4. The fourth-order valence-corrected chi connectivity index (χ4v) is 4.19. The number of aryl methyl sites for hydroxylation is 1. The van der Waals surface area contributed by atoms with Gasteiger partial charge in [0.1, 0.15) is 16.4 Å². The number of aromatic amines is 1. The second-order valence-electron chi connectivity index (χ2n) is 6.35. The van der Waals surface area contributed by atoms with Crippen LogP contribution in [0.3, 0.4) is 0 Å². The van der Waals surface area contributed by atoms with E-state index in [1.165, 1.54) is 11.3 Å². The SMILES string of the molecule is COc1ccc(C)cc1-c1csc2nc(Cc3ccc(Cl)cc3)[nH]c(=O)c12. The standard InChI is InChI=1S/C21H17ClN2O2S/c1-12-3-8-17(26-2)15(9-12)16-11-27-21-19(16)20(25)23-18(24-21)10-13-4-6-14(22)7-5-13/h3-9,11H,10H2,1-2H3,(H,23,24,25). The molecule has 0 amide bonds. The third-order valence-corrected chi connectivity index (χ3v) is 5.55. The summed E-state index contributed by atoms with van der Waals surface area (Å²) in [6.45, 7) is 2.02. The Kier molecular flexibility index (Phi) is 4.72. The number of benzene rings is 2. The molecule has 0 unspecified atom stereocenters. The van der Waals surface area contributed by atoms with Crippen molar-refractivity contribution in [1.29, 1.82) is 0 Å². The van der Waals surface area contributed by atoms with Gasteiger partial charge in [-0.2, -0.15) is 0 Å². The molecule has 27 heavy (non-hydrogen) atoms. The van der Waals surface area contributed by atoms with E-state index < -0.39 is 0 Å². The molecule has 0 aliphatic carbocycles. The van der Waals surface area contributed by atoms with Crippen molar-refractivity contribution in [2.45, 2.75) is 13.3 Å². The first-order chi connectivity index (χ1) is 13.0. The molecule has 0 aliphatic rings. The topological polar surface area (TPSA) is 55.0 Å². The van der Waals surface area contributed by atoms with Gasteiger partial charge in [-0.15, -0.1) is 11.3 Å². The van der Waals surface area contributed by atoms with Crippen molar-refractivity contribution in [3.63, 3.8) is 0 Å². The van der Waals surface area contributed by atoms with Crippen LogP contribution in [0.1, 0.15) is 17.0 Å². The Morgan fingerprint density at radius 2 is 1.93 bits per heavy atom. The van der Waals surface area contributed by atoms with Gasteiger partial charge in [-0.05, 0) is 36.8 Å². The highest BCUT2D eigenvalue weighted by atomic mass is 35.5. The second kappa shape index (κ2) is 7.18. The lowest BCUT2D eigenvalue weighted by Gasteiger charge is -2.09. The zero-order chi connectivity index (χ0) is 19.0. The number of halogens is 1. The first-order valence-electron chi connectivity index (χ1n) is 8.45. The summed E-state index contributed by atoms with van der Waals surface area (Å²) >= 11 is 7.40. The minimum atomic E-state index is -0.135. The minimum absolute atomic E-state index is 0.135. The molecule has 0 atom stereocenters. The number of H-pyrrole nitrogens is 1. The largest absolute Gasteiger partial charge is 0.496 e. The van der Waals surface area contributed by atoms with Gasteiger partial charge >= 0.3 is 0 Å². The molecule has 4 aromatic rings. The third kappa shape index (κ3) is 3.48. The Balaban J connectivity index is 1.80. The van der Waals surface area contributed by atoms with E-state index in [9.17, 15) is 4.79 Å². The van der Waals surface area contributed by atoms with E-state index in [2.05, 4.69) is 9.97 Å². The molecule has 0 saturated heterocycles. The number of nitrogens with one attached hydrogen (secondary N) is 1. The molecule has 1 N–H and O–H groups in total. The number of rotatable bonds is 4. The molecule has 0 fully saturated rings. The number of methoxy groups -OCH3 is 1. The van der Waals surface area contributed by atoms with Crippen LogP contribution in [0.5, 0.6) is 5.75 Å². The van der Waals surface area contributed by atoms with Crippen molar-refractivity contribution in [3.05, 3.63) is 80.2 Å². The molecule has 0 saturated carbocycles. The fraction of sp³-hybridized carbons (Fsp3) is 0.143. The summed E-state index contributed by atoms with van der Waals surface area (Å²) in [5, 5.41) is 3.26. The van der Waals surface area contributed by atoms with Crippen LogP contribution in [-0.4, -0.2) is 17.1 Å². The van der Waals surface area contributed by atoms with Crippen LogP contribution in [0, 0.1) is 6.92 Å². The van der Waals surface area contributed by atoms with Gasteiger partial charge in [-0.1, -0.05) is 35.4 Å². The second-order valence-corrected chi connectivity index (χ2v) is 7.64. The summed E-state index contributed by atoms with van der Waals surface area (Å²) in [4.78, 5) is 21.2. The average molecular weight is 397 g/mol. The van der Waals surface area contributed by atoms with Gasteiger partial charge in [0.2, 0.25) is 0 Å². The predicted molar refractivity (Wildman–Crippen MR) is 111 cm³/mol. The molecule has 0 spiro atoms. The van der Waals surface area contributed by atoms with Crippen molar-refractivity contribution < 1.29 is 4.74 Å². The van der Waals surface area contributed by atoms with E-state index in [1.807, 2.05) is 54.8 Å². The van der Waals surface area contributed by atoms with Crippen LogP contribution >= 0.6 is 22.9 Å². The first kappa shape index (κ1) is 17.8. The monoisotopic (exact) mass is 396 g/mol. The van der Waals surface area contributed by atoms with Crippen LogP contribution in [0.4, 0.5) is 0 Å². The molecule has 136 valence electrons. The van der Waals surface area contributed by atoms with Crippen molar-refractivity contribution in [2.75, 3.05) is 7.11 Å². The zero-order valence-electron chi connectivity index (χ0n) is 14.9. The Bertz CT molecular complexity index is 1180. The molecule has 2 heterocycles. The highest BCUT2D eigenvalue weighted by molar-refractivity contribution is 7.17. The van der Waals surface area contributed by atoms with Gasteiger partial charge in [0.05, 0.1) is 12.5 Å². The molecule has 6 heteroatoms. The van der Waals surface area contributed by atoms with Gasteiger partial charge in [0.25, 0.3) is 5.56 Å². The highest BCUT2D eigenvalue weighted by Crippen LogP contribution is 2.37. The molecule has 0 aliphatic heterocycles. The molecular weight excluding hydrogens is 380 g/mol. The van der Waals surface area contributed by atoms with Crippen molar-refractivity contribution in [3.8, 4) is 16.9 Å². The fourth-order valence-electron chi connectivity index (χ4n) is 3.10. The number of hydrogen-bond acceptors (Lipinski definition) is 4. The molecule has 0 radical (unpaired) electrons. The maximum Gasteiger partial charge on any atom is 0.260 e. The lowest BCUT2D eigenvalue weighted by molar-refractivity contribution is 0.416. The predicted octanol–water partition coefficient (Wildman–Crippen LogP) is 5.21. The van der Waals surface area contributed by atoms with Crippen molar-refractivity contribution in [1.82, 2.24) is 9.97 Å². The van der Waals surface area contributed by atoms with E-state index in [4.69, 9.17) is 16.3 Å². The summed E-state index contributed by atoms with van der Waals surface area (Å²) in [7, 11) is 1.63. The number of hydrogen-bond donors (Lipinski definition) is 1.